The van der Waals surface area contributed by atoms with Gasteiger partial charge in [-0.2, -0.15) is 8.42 Å². The molecule has 0 saturated carbocycles. The number of ether oxygens (including phenoxy) is 1. The number of cyclic esters (lactones) is 1. The second-order valence-corrected chi connectivity index (χ2v) is 11.8. The number of fused-ring (bicyclic) bond motifs is 5. The molecule has 6 rings (SSSR count). The van der Waals surface area contributed by atoms with Gasteiger partial charge in [0.15, 0.2) is 5.60 Å². The Morgan fingerprint density at radius 2 is 1.86 bits per heavy atom. The smallest absolute Gasteiger partial charge is 0.343 e. The highest BCUT2D eigenvalue weighted by molar-refractivity contribution is 7.87. The molecule has 1 atom stereocenters. The van der Waals surface area contributed by atoms with Crippen LogP contribution in [0.15, 0.2) is 52.2 Å². The van der Waals surface area contributed by atoms with E-state index in [2.05, 4.69) is 4.98 Å². The maximum absolute atomic E-state index is 13.6. The van der Waals surface area contributed by atoms with Gasteiger partial charge in [0.1, 0.15) is 11.5 Å². The number of aliphatic hydroxyl groups is 1. The van der Waals surface area contributed by atoms with Crippen LogP contribution in [-0.2, 0) is 44.8 Å². The first-order valence-electron chi connectivity index (χ1n) is 13.2. The van der Waals surface area contributed by atoms with Crippen molar-refractivity contribution in [1.29, 1.82) is 0 Å². The maximum atomic E-state index is 13.6. The Hall–Kier alpha value is -4.62. The highest BCUT2D eigenvalue weighted by Crippen LogP contribution is 2.44. The summed E-state index contributed by atoms with van der Waals surface area (Å²) in [6.45, 7) is 4.93. The Kier molecular flexibility index (Phi) is 6.20. The predicted molar refractivity (Wildman–Crippen MR) is 150 cm³/mol. The van der Waals surface area contributed by atoms with Crippen LogP contribution in [0.4, 0.5) is 5.69 Å². The van der Waals surface area contributed by atoms with Crippen molar-refractivity contribution in [2.75, 3.05) is 0 Å². The summed E-state index contributed by atoms with van der Waals surface area (Å²) in [5, 5.41) is 23.6. The fourth-order valence-electron chi connectivity index (χ4n) is 5.74. The number of aromatic nitrogens is 2. The summed E-state index contributed by atoms with van der Waals surface area (Å²) in [6, 6.07) is 10.1. The van der Waals surface area contributed by atoms with Gasteiger partial charge in [0.2, 0.25) is 5.75 Å². The number of pyridine rings is 2. The van der Waals surface area contributed by atoms with E-state index in [1.165, 1.54) is 28.8 Å². The molecular weight excluding hydrogens is 566 g/mol. The minimum absolute atomic E-state index is 0.0135. The van der Waals surface area contributed by atoms with E-state index in [9.17, 15) is 33.2 Å². The van der Waals surface area contributed by atoms with E-state index in [-0.39, 0.29) is 46.5 Å². The van der Waals surface area contributed by atoms with Crippen LogP contribution in [0.25, 0.3) is 22.3 Å². The fourth-order valence-corrected chi connectivity index (χ4v) is 6.67. The van der Waals surface area contributed by atoms with Gasteiger partial charge in [0, 0.05) is 11.1 Å². The molecule has 0 saturated heterocycles. The Bertz CT molecular complexity index is 2020. The minimum Gasteiger partial charge on any atom is -0.458 e. The lowest BCUT2D eigenvalue weighted by molar-refractivity contribution is -0.383. The Morgan fingerprint density at radius 3 is 2.50 bits per heavy atom. The number of carbonyl (C=O) groups is 1. The van der Waals surface area contributed by atoms with E-state index in [1.807, 2.05) is 0 Å². The molecule has 4 aromatic rings. The standard InChI is InChI=1S/C29H25N3O9S/c1-4-17-18-13-31-22(12-20-19(27(31)33)14-40-28(34)29(20,35)5-2)25(18)30-21-10-11-23(26(24(17)21)32(36)37)41-42(38,39)16-8-6-15(3)7-9-16/h6-12,35H,4-5,13-14H2,1-3H3. The average Bonchev–Trinajstić information content (AvgIpc) is 3.32. The quantitative estimate of drug-likeness (QED) is 0.133. The monoisotopic (exact) mass is 591 g/mol. The Morgan fingerprint density at radius 1 is 1.14 bits per heavy atom. The molecule has 2 aromatic heterocycles. The van der Waals surface area contributed by atoms with E-state index in [0.717, 1.165) is 5.56 Å². The molecule has 12 nitrogen and oxygen atoms in total. The first kappa shape index (κ1) is 27.5. The highest BCUT2D eigenvalue weighted by Gasteiger charge is 2.45. The van der Waals surface area contributed by atoms with E-state index >= 15 is 0 Å². The second kappa shape index (κ2) is 9.46. The van der Waals surface area contributed by atoms with Crippen LogP contribution in [0.1, 0.15) is 48.1 Å². The lowest BCUT2D eigenvalue weighted by Crippen LogP contribution is -2.44. The number of nitro groups is 1. The number of rotatable bonds is 6. The van der Waals surface area contributed by atoms with Crippen molar-refractivity contribution in [2.45, 2.75) is 57.3 Å². The van der Waals surface area contributed by atoms with Crippen molar-refractivity contribution >= 4 is 32.7 Å². The minimum atomic E-state index is -4.40. The van der Waals surface area contributed by atoms with Crippen molar-refractivity contribution < 1.29 is 32.2 Å². The van der Waals surface area contributed by atoms with E-state index in [0.29, 0.717) is 28.9 Å². The van der Waals surface area contributed by atoms with Crippen LogP contribution >= 0.6 is 0 Å². The number of nitro benzene ring substituents is 1. The molecule has 42 heavy (non-hydrogen) atoms. The van der Waals surface area contributed by atoms with Gasteiger partial charge in [-0.1, -0.05) is 31.5 Å². The molecule has 1 unspecified atom stereocenters. The van der Waals surface area contributed by atoms with Gasteiger partial charge in [-0.25, -0.2) is 9.78 Å². The molecule has 216 valence electrons. The molecule has 0 spiro atoms. The summed E-state index contributed by atoms with van der Waals surface area (Å²) >= 11 is 0. The molecular formula is C29H25N3O9S. The molecule has 2 aliphatic heterocycles. The molecule has 0 bridgehead atoms. The van der Waals surface area contributed by atoms with Crippen LogP contribution in [0.2, 0.25) is 0 Å². The van der Waals surface area contributed by atoms with Gasteiger partial charge in [0.25, 0.3) is 5.56 Å². The number of hydrogen-bond donors (Lipinski definition) is 1. The van der Waals surface area contributed by atoms with Gasteiger partial charge in [-0.05, 0) is 55.7 Å². The predicted octanol–water partition coefficient (Wildman–Crippen LogP) is 3.63. The SMILES string of the molecule is CCc1c2c(nc3ccc(OS(=O)(=O)c4ccc(C)cc4)c([N+](=O)[O-])c13)-c1cc3c(c(=O)n1C2)COC(=O)C3(O)CC. The summed E-state index contributed by atoms with van der Waals surface area (Å²) in [6.07, 6.45) is 0.277. The van der Waals surface area contributed by atoms with Crippen LogP contribution in [0.3, 0.4) is 0 Å². The normalized spacial score (nSPS) is 17.4. The molecule has 1 N–H and O–H groups in total. The third-order valence-electron chi connectivity index (χ3n) is 7.95. The lowest BCUT2D eigenvalue weighted by atomic mass is 9.86. The molecule has 0 amide bonds. The zero-order valence-corrected chi connectivity index (χ0v) is 23.6. The molecule has 13 heteroatoms. The molecule has 4 heterocycles. The molecule has 0 aliphatic carbocycles. The third kappa shape index (κ3) is 3.91. The van der Waals surface area contributed by atoms with Crippen molar-refractivity contribution in [3.05, 3.63) is 90.7 Å². The van der Waals surface area contributed by atoms with Crippen LogP contribution < -0.4 is 9.74 Å². The summed E-state index contributed by atoms with van der Waals surface area (Å²) in [5.41, 5.74) is 0.0945. The summed E-state index contributed by atoms with van der Waals surface area (Å²) in [7, 11) is -4.40. The Balaban J connectivity index is 1.56. The fraction of sp³-hybridized carbons (Fsp3) is 0.276. The maximum Gasteiger partial charge on any atom is 0.343 e. The van der Waals surface area contributed by atoms with Crippen molar-refractivity contribution in [1.82, 2.24) is 9.55 Å². The zero-order valence-electron chi connectivity index (χ0n) is 22.8. The summed E-state index contributed by atoms with van der Waals surface area (Å²) in [4.78, 5) is 42.3. The van der Waals surface area contributed by atoms with Gasteiger partial charge in [-0.15, -0.1) is 0 Å². The van der Waals surface area contributed by atoms with Gasteiger partial charge in [0.05, 0.1) is 39.3 Å². The molecule has 0 radical (unpaired) electrons. The van der Waals surface area contributed by atoms with E-state index < -0.39 is 43.6 Å². The third-order valence-corrected chi connectivity index (χ3v) is 9.20. The zero-order chi connectivity index (χ0) is 30.1. The van der Waals surface area contributed by atoms with Crippen molar-refractivity contribution in [3.8, 4) is 17.1 Å². The van der Waals surface area contributed by atoms with Gasteiger partial charge in [-0.3, -0.25) is 14.9 Å². The summed E-state index contributed by atoms with van der Waals surface area (Å²) in [5.74, 6) is -1.30. The van der Waals surface area contributed by atoms with Crippen molar-refractivity contribution in [2.24, 2.45) is 0 Å². The first-order chi connectivity index (χ1) is 19.9. The molecule has 0 fully saturated rings. The Labute approximate surface area is 239 Å². The topological polar surface area (TPSA) is 168 Å². The lowest BCUT2D eigenvalue weighted by Gasteiger charge is -2.31. The van der Waals surface area contributed by atoms with E-state index in [1.54, 1.807) is 39.0 Å². The highest BCUT2D eigenvalue weighted by atomic mass is 32.2. The largest absolute Gasteiger partial charge is 0.458 e. The second-order valence-electron chi connectivity index (χ2n) is 10.3. The van der Waals surface area contributed by atoms with Crippen molar-refractivity contribution in [3.63, 3.8) is 0 Å². The molecule has 2 aromatic carbocycles. The number of hydrogen-bond acceptors (Lipinski definition) is 10. The van der Waals surface area contributed by atoms with E-state index in [4.69, 9.17) is 8.92 Å². The number of esters is 1. The van der Waals surface area contributed by atoms with Gasteiger partial charge >= 0.3 is 21.8 Å². The number of nitrogens with zero attached hydrogens (tertiary/aromatic N) is 3. The number of carbonyl (C=O) groups excluding carboxylic acids is 1. The van der Waals surface area contributed by atoms with Crippen LogP contribution in [0.5, 0.6) is 5.75 Å². The van der Waals surface area contributed by atoms with Crippen LogP contribution in [-0.4, -0.2) is 34.0 Å². The average molecular weight is 592 g/mol. The van der Waals surface area contributed by atoms with Gasteiger partial charge < -0.3 is 18.6 Å². The number of aryl methyl sites for hydroxylation is 2. The molecule has 2 aliphatic rings. The summed E-state index contributed by atoms with van der Waals surface area (Å²) < 4.78 is 37.9. The number of benzene rings is 2. The first-order valence-corrected chi connectivity index (χ1v) is 14.6. The van der Waals surface area contributed by atoms with Crippen LogP contribution in [0, 0.1) is 17.0 Å².